The van der Waals surface area contributed by atoms with Crippen LogP contribution in [-0.4, -0.2) is 43.9 Å². The molecule has 4 bridgehead atoms. The molecule has 154 valence electrons. The van der Waals surface area contributed by atoms with Gasteiger partial charge in [-0.2, -0.15) is 0 Å². The molecule has 28 heavy (non-hydrogen) atoms. The van der Waals surface area contributed by atoms with Gasteiger partial charge in [-0.25, -0.2) is 4.79 Å². The van der Waals surface area contributed by atoms with Gasteiger partial charge in [0.05, 0.1) is 30.7 Å². The van der Waals surface area contributed by atoms with Gasteiger partial charge in [0.15, 0.2) is 0 Å². The van der Waals surface area contributed by atoms with E-state index >= 15 is 0 Å². The summed E-state index contributed by atoms with van der Waals surface area (Å²) in [6.45, 7) is 11.9. The molecular formula is C22H32O5Si. The number of hydrogen-bond acceptors (Lipinski definition) is 4. The van der Waals surface area contributed by atoms with Crippen LogP contribution in [0.2, 0.25) is 25.7 Å². The Kier molecular flexibility index (Phi) is 4.91. The third-order valence-corrected chi connectivity index (χ3v) is 9.74. The van der Waals surface area contributed by atoms with E-state index in [1.807, 2.05) is 0 Å². The van der Waals surface area contributed by atoms with Gasteiger partial charge in [0, 0.05) is 14.0 Å². The number of esters is 1. The zero-order valence-electron chi connectivity index (χ0n) is 17.5. The molecule has 4 fully saturated rings. The number of carboxylic acid groups (broad SMARTS) is 1. The van der Waals surface area contributed by atoms with E-state index in [-0.39, 0.29) is 24.1 Å². The molecule has 0 aromatic carbocycles. The lowest BCUT2D eigenvalue weighted by Gasteiger charge is -2.42. The summed E-state index contributed by atoms with van der Waals surface area (Å²) in [4.78, 5) is 24.1. The molecule has 4 aliphatic rings. The summed E-state index contributed by atoms with van der Waals surface area (Å²) < 4.78 is 12.0. The fraction of sp³-hybridized carbons (Fsp3) is 0.818. The van der Waals surface area contributed by atoms with Crippen LogP contribution in [0.1, 0.15) is 20.3 Å². The molecule has 2 saturated heterocycles. The topological polar surface area (TPSA) is 72.8 Å². The molecule has 10 unspecified atom stereocenters. The van der Waals surface area contributed by atoms with Gasteiger partial charge in [-0.05, 0) is 48.0 Å². The fourth-order valence-electron chi connectivity index (χ4n) is 6.61. The molecule has 2 heterocycles. The maximum Gasteiger partial charge on any atom is 0.381 e. The van der Waals surface area contributed by atoms with Crippen LogP contribution in [0.4, 0.5) is 0 Å². The molecule has 1 N–H and O–H groups in total. The fourth-order valence-corrected chi connectivity index (χ4v) is 7.32. The van der Waals surface area contributed by atoms with E-state index in [1.165, 1.54) is 6.42 Å². The first-order chi connectivity index (χ1) is 13.1. The number of carbonyl (C=O) groups is 2. The highest BCUT2D eigenvalue weighted by molar-refractivity contribution is 6.76. The molecule has 2 aliphatic carbocycles. The number of rotatable bonds is 4. The van der Waals surface area contributed by atoms with Crippen molar-refractivity contribution in [3.63, 3.8) is 0 Å². The lowest BCUT2D eigenvalue weighted by Crippen LogP contribution is -2.48. The number of fused-ring (bicyclic) bond motifs is 9. The summed E-state index contributed by atoms with van der Waals surface area (Å²) in [5.41, 5.74) is 0. The van der Waals surface area contributed by atoms with E-state index in [0.29, 0.717) is 42.1 Å². The first-order valence-electron chi connectivity index (χ1n) is 10.7. The second-order valence-electron chi connectivity index (χ2n) is 10.6. The molecule has 0 aromatic rings. The highest BCUT2D eigenvalue weighted by Crippen LogP contribution is 2.68. The molecule has 5 nitrogen and oxygen atoms in total. The first-order valence-corrected chi connectivity index (χ1v) is 14.4. The van der Waals surface area contributed by atoms with Crippen LogP contribution in [0.5, 0.6) is 0 Å². The SMILES string of the molecule is CC1C(C)C2CC1C1C3OC(C(C(=O)OCC[Si](C)(C)C)C3C#CC(=O)O)C21. The van der Waals surface area contributed by atoms with Crippen molar-refractivity contribution in [1.82, 2.24) is 0 Å². The second kappa shape index (κ2) is 6.88. The lowest BCUT2D eigenvalue weighted by molar-refractivity contribution is -0.152. The van der Waals surface area contributed by atoms with Gasteiger partial charge in [-0.3, -0.25) is 4.79 Å². The predicted octanol–water partition coefficient (Wildman–Crippen LogP) is 3.12. The summed E-state index contributed by atoms with van der Waals surface area (Å²) in [7, 11) is -1.29. The predicted molar refractivity (Wildman–Crippen MR) is 107 cm³/mol. The smallest absolute Gasteiger partial charge is 0.381 e. The molecule has 2 aliphatic heterocycles. The minimum absolute atomic E-state index is 0.124. The Morgan fingerprint density at radius 2 is 1.71 bits per heavy atom. The molecule has 2 saturated carbocycles. The van der Waals surface area contributed by atoms with Crippen LogP contribution in [0, 0.1) is 59.2 Å². The molecule has 0 spiro atoms. The largest absolute Gasteiger partial charge is 0.472 e. The van der Waals surface area contributed by atoms with E-state index in [0.717, 1.165) is 6.04 Å². The lowest BCUT2D eigenvalue weighted by atomic mass is 9.59. The van der Waals surface area contributed by atoms with Crippen molar-refractivity contribution in [2.75, 3.05) is 6.61 Å². The Bertz CT molecular complexity index is 731. The van der Waals surface area contributed by atoms with Gasteiger partial charge in [-0.1, -0.05) is 39.4 Å². The van der Waals surface area contributed by atoms with Gasteiger partial charge < -0.3 is 14.6 Å². The van der Waals surface area contributed by atoms with Gasteiger partial charge >= 0.3 is 11.9 Å². The summed E-state index contributed by atoms with van der Waals surface area (Å²) >= 11 is 0. The minimum atomic E-state index is -1.29. The Balaban J connectivity index is 1.56. The summed E-state index contributed by atoms with van der Waals surface area (Å²) in [5.74, 6) is 6.30. The van der Waals surface area contributed by atoms with Crippen molar-refractivity contribution >= 4 is 20.0 Å². The monoisotopic (exact) mass is 404 g/mol. The van der Waals surface area contributed by atoms with E-state index in [2.05, 4.69) is 45.3 Å². The van der Waals surface area contributed by atoms with Crippen molar-refractivity contribution in [1.29, 1.82) is 0 Å². The minimum Gasteiger partial charge on any atom is -0.472 e. The normalized spacial score (nSPS) is 45.5. The van der Waals surface area contributed by atoms with Crippen molar-refractivity contribution < 1.29 is 24.2 Å². The van der Waals surface area contributed by atoms with Crippen LogP contribution in [0.15, 0.2) is 0 Å². The molecule has 0 amide bonds. The maximum absolute atomic E-state index is 13.0. The maximum atomic E-state index is 13.0. The van der Waals surface area contributed by atoms with Crippen molar-refractivity contribution in [2.45, 2.75) is 58.2 Å². The van der Waals surface area contributed by atoms with E-state index < -0.39 is 20.0 Å². The molecule has 10 atom stereocenters. The molecule has 0 radical (unpaired) electrons. The average molecular weight is 405 g/mol. The second-order valence-corrected chi connectivity index (χ2v) is 16.2. The number of ether oxygens (including phenoxy) is 2. The molecule has 4 rings (SSSR count). The quantitative estimate of drug-likeness (QED) is 0.443. The summed E-state index contributed by atoms with van der Waals surface area (Å²) in [5, 5.41) is 9.04. The van der Waals surface area contributed by atoms with Gasteiger partial charge in [0.2, 0.25) is 0 Å². The van der Waals surface area contributed by atoms with Crippen molar-refractivity contribution in [2.24, 2.45) is 47.3 Å². The van der Waals surface area contributed by atoms with Crippen LogP contribution in [-0.2, 0) is 19.1 Å². The van der Waals surface area contributed by atoms with Gasteiger partial charge in [-0.15, -0.1) is 0 Å². The molecular weight excluding hydrogens is 372 g/mol. The van der Waals surface area contributed by atoms with E-state index in [9.17, 15) is 9.59 Å². The van der Waals surface area contributed by atoms with Crippen LogP contribution >= 0.6 is 0 Å². The Morgan fingerprint density at radius 3 is 2.29 bits per heavy atom. The highest BCUT2D eigenvalue weighted by Gasteiger charge is 2.71. The van der Waals surface area contributed by atoms with Gasteiger partial charge in [0.1, 0.15) is 0 Å². The zero-order valence-corrected chi connectivity index (χ0v) is 18.5. The highest BCUT2D eigenvalue weighted by atomic mass is 28.3. The molecule has 6 heteroatoms. The number of carbonyl (C=O) groups excluding carboxylic acids is 1. The zero-order chi connectivity index (χ0) is 20.4. The first kappa shape index (κ1) is 20.0. The van der Waals surface area contributed by atoms with E-state index in [4.69, 9.17) is 14.6 Å². The number of aliphatic carboxylic acids is 1. The van der Waals surface area contributed by atoms with Crippen molar-refractivity contribution in [3.05, 3.63) is 0 Å². The van der Waals surface area contributed by atoms with Crippen molar-refractivity contribution in [3.8, 4) is 11.8 Å². The Labute approximate surface area is 168 Å². The summed E-state index contributed by atoms with van der Waals surface area (Å²) in [6.07, 6.45) is 0.929. The number of hydrogen-bond donors (Lipinski definition) is 1. The van der Waals surface area contributed by atoms with Crippen LogP contribution in [0.25, 0.3) is 0 Å². The van der Waals surface area contributed by atoms with Crippen LogP contribution in [0.3, 0.4) is 0 Å². The third-order valence-electron chi connectivity index (χ3n) is 8.04. The Morgan fingerprint density at radius 1 is 1.11 bits per heavy atom. The van der Waals surface area contributed by atoms with Crippen LogP contribution < -0.4 is 0 Å². The molecule has 0 aromatic heterocycles. The van der Waals surface area contributed by atoms with Gasteiger partial charge in [0.25, 0.3) is 0 Å². The average Bonchev–Trinajstić information content (AvgIpc) is 3.30. The third kappa shape index (κ3) is 3.11. The summed E-state index contributed by atoms with van der Waals surface area (Å²) in [6, 6.07) is 0.928. The van der Waals surface area contributed by atoms with E-state index in [1.54, 1.807) is 0 Å². The number of carboxylic acids is 1. The standard InChI is InChI=1S/C22H32O5Si/c1-11-12(2)15-10-14(11)17-18(15)21-19(22(25)26-8-9-28(3,4)5)13(20(17)27-21)6-7-16(23)24/h11-15,17-21H,8-10H2,1-5H3,(H,23,24). The Hall–Kier alpha value is -1.32.